The summed E-state index contributed by atoms with van der Waals surface area (Å²) in [6.07, 6.45) is -4.03. The van der Waals surface area contributed by atoms with Gasteiger partial charge in [-0.1, -0.05) is 19.1 Å². The molecule has 0 aliphatic rings. The Hall–Kier alpha value is -2.95. The van der Waals surface area contributed by atoms with Crippen LogP contribution < -0.4 is 14.2 Å². The number of alkyl halides is 3. The number of ether oxygens (including phenoxy) is 1. The van der Waals surface area contributed by atoms with Crippen molar-refractivity contribution in [2.45, 2.75) is 70.2 Å². The van der Waals surface area contributed by atoms with Crippen LogP contribution in [0.15, 0.2) is 47.4 Å². The summed E-state index contributed by atoms with van der Waals surface area (Å²) in [6.45, 7) is 9.54. The molecule has 0 aromatic heterocycles. The van der Waals surface area contributed by atoms with Crippen molar-refractivity contribution >= 4 is 16.1 Å². The first-order chi connectivity index (χ1) is 16.1. The predicted molar refractivity (Wildman–Crippen MR) is 126 cm³/mol. The Kier molecular flexibility index (Phi) is 8.70. The van der Waals surface area contributed by atoms with Crippen LogP contribution in [0.5, 0.6) is 11.5 Å². The normalized spacial score (nSPS) is 13.2. The number of amides is 2. The Morgan fingerprint density at radius 3 is 2.29 bits per heavy atom. The maximum atomic E-state index is 13.0. The molecule has 2 aromatic rings. The molecular formula is C24H31F3N2O5S. The average molecular weight is 517 g/mol. The number of carbonyl (C=O) groups excluding carboxylic acids is 1. The second-order valence-corrected chi connectivity index (χ2v) is 10.7. The van der Waals surface area contributed by atoms with Gasteiger partial charge in [0.15, 0.2) is 11.5 Å². The summed E-state index contributed by atoms with van der Waals surface area (Å²) in [7, 11) is -3.30. The topological polar surface area (TPSA) is 84.9 Å². The molecule has 0 aliphatic carbocycles. The molecule has 35 heavy (non-hydrogen) atoms. The quantitative estimate of drug-likeness (QED) is 0.463. The van der Waals surface area contributed by atoms with E-state index >= 15 is 0 Å². The number of nitrogens with zero attached hydrogens (tertiary/aromatic N) is 1. The van der Waals surface area contributed by atoms with Gasteiger partial charge >= 0.3 is 22.3 Å². The predicted octanol–water partition coefficient (Wildman–Crippen LogP) is 5.59. The monoisotopic (exact) mass is 516 g/mol. The third-order valence-electron chi connectivity index (χ3n) is 5.10. The molecule has 7 nitrogen and oxygen atoms in total. The molecule has 2 amide bonds. The van der Waals surface area contributed by atoms with Crippen molar-refractivity contribution in [2.75, 3.05) is 7.11 Å². The van der Waals surface area contributed by atoms with Crippen LogP contribution in [0.4, 0.5) is 18.0 Å². The van der Waals surface area contributed by atoms with E-state index < -0.39 is 32.3 Å². The van der Waals surface area contributed by atoms with E-state index in [4.69, 9.17) is 8.92 Å². The van der Waals surface area contributed by atoms with Gasteiger partial charge in [-0.25, -0.2) is 4.79 Å². The molecule has 0 bridgehead atoms. The number of nitrogens with one attached hydrogen (secondary N) is 1. The molecule has 1 N–H and O–H groups in total. The second kappa shape index (κ2) is 10.8. The van der Waals surface area contributed by atoms with Crippen LogP contribution in [0.3, 0.4) is 0 Å². The van der Waals surface area contributed by atoms with Gasteiger partial charge in [0, 0.05) is 18.1 Å². The Morgan fingerprint density at radius 2 is 1.74 bits per heavy atom. The largest absolute Gasteiger partial charge is 0.493 e. The highest BCUT2D eigenvalue weighted by molar-refractivity contribution is 7.87. The van der Waals surface area contributed by atoms with E-state index in [0.29, 0.717) is 18.1 Å². The summed E-state index contributed by atoms with van der Waals surface area (Å²) in [5, 5.41) is 2.91. The van der Waals surface area contributed by atoms with Crippen LogP contribution in [0.1, 0.15) is 52.2 Å². The van der Waals surface area contributed by atoms with Gasteiger partial charge in [-0.2, -0.15) is 21.6 Å². The molecule has 0 saturated heterocycles. The molecule has 0 aliphatic heterocycles. The number of urea groups is 1. The molecule has 0 heterocycles. The van der Waals surface area contributed by atoms with Gasteiger partial charge in [0.2, 0.25) is 0 Å². The fourth-order valence-electron chi connectivity index (χ4n) is 3.12. The molecule has 0 unspecified atom stereocenters. The second-order valence-electron chi connectivity index (χ2n) is 9.11. The van der Waals surface area contributed by atoms with Crippen molar-refractivity contribution in [3.8, 4) is 11.5 Å². The molecule has 1 atom stereocenters. The van der Waals surface area contributed by atoms with Crippen LogP contribution in [-0.2, 0) is 22.8 Å². The van der Waals surface area contributed by atoms with E-state index in [1.807, 2.05) is 34.6 Å². The summed E-state index contributed by atoms with van der Waals surface area (Å²) in [5.41, 5.74) is -1.03. The lowest BCUT2D eigenvalue weighted by Gasteiger charge is -2.32. The summed E-state index contributed by atoms with van der Waals surface area (Å²) in [5.74, 6) is -0.138. The lowest BCUT2D eigenvalue weighted by atomic mass is 10.1. The number of methoxy groups -OCH3 is 1. The lowest BCUT2D eigenvalue weighted by molar-refractivity contribution is -0.137. The van der Waals surface area contributed by atoms with Crippen molar-refractivity contribution in [3.63, 3.8) is 0 Å². The van der Waals surface area contributed by atoms with E-state index in [2.05, 4.69) is 5.32 Å². The molecule has 11 heteroatoms. The highest BCUT2D eigenvalue weighted by Crippen LogP contribution is 2.34. The standard InChI is InChI=1S/C24H31F3N2O5S/c1-7-16(2)29(22(30)28-23(3,4)5)15-17-11-12-20(33-6)21(13-17)34-35(31,32)19-10-8-9-18(14-19)24(25,26)27/h8-14,16H,7,15H2,1-6H3,(H,28,30)/t16-/m0/s1. The third kappa shape index (κ3) is 7.78. The lowest BCUT2D eigenvalue weighted by Crippen LogP contribution is -2.50. The highest BCUT2D eigenvalue weighted by atomic mass is 32.2. The summed E-state index contributed by atoms with van der Waals surface area (Å²) < 4.78 is 75.1. The smallest absolute Gasteiger partial charge is 0.416 e. The number of benzene rings is 2. The Morgan fingerprint density at radius 1 is 1.09 bits per heavy atom. The number of halogens is 3. The first-order valence-electron chi connectivity index (χ1n) is 10.9. The van der Waals surface area contributed by atoms with Gasteiger partial charge < -0.3 is 19.1 Å². The third-order valence-corrected chi connectivity index (χ3v) is 6.33. The molecule has 0 saturated carbocycles. The fourth-order valence-corrected chi connectivity index (χ4v) is 4.10. The van der Waals surface area contributed by atoms with E-state index in [1.54, 1.807) is 11.0 Å². The van der Waals surface area contributed by atoms with Crippen LogP contribution in [-0.4, -0.2) is 38.0 Å². The molecule has 2 aromatic carbocycles. The van der Waals surface area contributed by atoms with Crippen molar-refractivity contribution in [1.82, 2.24) is 10.2 Å². The molecule has 0 spiro atoms. The van der Waals surface area contributed by atoms with E-state index in [-0.39, 0.29) is 30.1 Å². The van der Waals surface area contributed by atoms with E-state index in [0.717, 1.165) is 18.2 Å². The zero-order valence-electron chi connectivity index (χ0n) is 20.6. The van der Waals surface area contributed by atoms with Crippen molar-refractivity contribution < 1.29 is 35.3 Å². The Bertz CT molecular complexity index is 1140. The molecule has 194 valence electrons. The van der Waals surface area contributed by atoms with Crippen molar-refractivity contribution in [1.29, 1.82) is 0 Å². The van der Waals surface area contributed by atoms with Gasteiger partial charge in [-0.05, 0) is 70.0 Å². The first kappa shape index (κ1) is 28.3. The summed E-state index contributed by atoms with van der Waals surface area (Å²) in [4.78, 5) is 13.8. The zero-order chi connectivity index (χ0) is 26.6. The first-order valence-corrected chi connectivity index (χ1v) is 12.4. The average Bonchev–Trinajstić information content (AvgIpc) is 2.75. The molecule has 2 rings (SSSR count). The minimum absolute atomic E-state index is 0.0681. The SMILES string of the molecule is CC[C@H](C)N(Cc1ccc(OC)c(OS(=O)(=O)c2cccc(C(F)(F)F)c2)c1)C(=O)NC(C)(C)C. The highest BCUT2D eigenvalue weighted by Gasteiger charge is 2.32. The van der Waals surface area contributed by atoms with Gasteiger partial charge in [-0.3, -0.25) is 0 Å². The number of rotatable bonds is 8. The minimum Gasteiger partial charge on any atom is -0.493 e. The van der Waals surface area contributed by atoms with Gasteiger partial charge in [0.05, 0.1) is 12.7 Å². The van der Waals surface area contributed by atoms with Gasteiger partial charge in [0.1, 0.15) is 4.90 Å². The number of carbonyl (C=O) groups is 1. The van der Waals surface area contributed by atoms with Gasteiger partial charge in [0.25, 0.3) is 0 Å². The minimum atomic E-state index is -4.71. The summed E-state index contributed by atoms with van der Waals surface area (Å²) in [6, 6.07) is 7.39. The van der Waals surface area contributed by atoms with Crippen LogP contribution in [0.2, 0.25) is 0 Å². The van der Waals surface area contributed by atoms with E-state index in [1.165, 1.54) is 19.2 Å². The maximum Gasteiger partial charge on any atom is 0.416 e. The summed E-state index contributed by atoms with van der Waals surface area (Å²) >= 11 is 0. The van der Waals surface area contributed by atoms with Crippen molar-refractivity contribution in [3.05, 3.63) is 53.6 Å². The van der Waals surface area contributed by atoms with Crippen LogP contribution >= 0.6 is 0 Å². The van der Waals surface area contributed by atoms with Crippen LogP contribution in [0, 0.1) is 0 Å². The fraction of sp³-hybridized carbons (Fsp3) is 0.458. The van der Waals surface area contributed by atoms with E-state index in [9.17, 15) is 26.4 Å². The van der Waals surface area contributed by atoms with Crippen molar-refractivity contribution in [2.24, 2.45) is 0 Å². The molecule has 0 radical (unpaired) electrons. The van der Waals surface area contributed by atoms with Gasteiger partial charge in [-0.15, -0.1) is 0 Å². The van der Waals surface area contributed by atoms with Crippen LogP contribution in [0.25, 0.3) is 0 Å². The Balaban J connectivity index is 2.40. The maximum absolute atomic E-state index is 13.0. The number of hydrogen-bond acceptors (Lipinski definition) is 5. The number of hydrogen-bond donors (Lipinski definition) is 1. The molecule has 0 fully saturated rings. The zero-order valence-corrected chi connectivity index (χ0v) is 21.4. The Labute approximate surface area is 204 Å². The molecular weight excluding hydrogens is 485 g/mol.